The van der Waals surface area contributed by atoms with Crippen LogP contribution in [-0.2, 0) is 23.7 Å². The Balaban J connectivity index is 2.13. The van der Waals surface area contributed by atoms with Gasteiger partial charge in [0.1, 0.15) is 0 Å². The molecule has 0 radical (unpaired) electrons. The summed E-state index contributed by atoms with van der Waals surface area (Å²) in [4.78, 5) is 0.227. The van der Waals surface area contributed by atoms with Gasteiger partial charge in [0.15, 0.2) is 0 Å². The molecule has 2 heterocycles. The van der Waals surface area contributed by atoms with Crippen molar-refractivity contribution in [1.29, 1.82) is 0 Å². The van der Waals surface area contributed by atoms with Crippen LogP contribution in [-0.4, -0.2) is 35.6 Å². The number of aryl methyl sites for hydroxylation is 1. The van der Waals surface area contributed by atoms with Crippen molar-refractivity contribution in [2.24, 2.45) is 7.05 Å². The maximum Gasteiger partial charge on any atom is 0.242 e. The molecule has 1 atom stereocenters. The van der Waals surface area contributed by atoms with Gasteiger partial charge in [0.2, 0.25) is 10.0 Å². The second kappa shape index (κ2) is 5.64. The smallest absolute Gasteiger partial charge is 0.242 e. The summed E-state index contributed by atoms with van der Waals surface area (Å²) < 4.78 is 28.7. The summed E-state index contributed by atoms with van der Waals surface area (Å²) in [6, 6.07) is 1.53. The van der Waals surface area contributed by atoms with Gasteiger partial charge in [0.25, 0.3) is 0 Å². The second-order valence-corrected chi connectivity index (χ2v) is 7.34. The predicted molar refractivity (Wildman–Crippen MR) is 72.0 cm³/mol. The van der Waals surface area contributed by atoms with Crippen LogP contribution in [0.15, 0.2) is 17.2 Å². The number of aliphatic hydroxyl groups is 1. The molecule has 0 aliphatic carbocycles. The minimum absolute atomic E-state index is 0.0199. The number of rotatable bonds is 4. The number of aromatic nitrogens is 1. The molecule has 102 valence electrons. The van der Waals surface area contributed by atoms with Gasteiger partial charge < -0.3 is 9.67 Å². The van der Waals surface area contributed by atoms with Gasteiger partial charge in [-0.3, -0.25) is 0 Å². The Morgan fingerprint density at radius 3 is 2.94 bits per heavy atom. The van der Waals surface area contributed by atoms with E-state index in [2.05, 4.69) is 4.72 Å². The van der Waals surface area contributed by atoms with E-state index in [-0.39, 0.29) is 17.5 Å². The summed E-state index contributed by atoms with van der Waals surface area (Å²) in [5.74, 6) is 1.94. The van der Waals surface area contributed by atoms with Crippen molar-refractivity contribution in [3.05, 3.63) is 18.0 Å². The Labute approximate surface area is 112 Å². The fraction of sp³-hybridized carbons (Fsp3) is 0.636. The van der Waals surface area contributed by atoms with E-state index in [9.17, 15) is 8.42 Å². The number of sulfonamides is 1. The fourth-order valence-corrected chi connectivity index (χ4v) is 4.54. The average Bonchev–Trinajstić information content (AvgIpc) is 2.72. The zero-order valence-electron chi connectivity index (χ0n) is 10.3. The molecular weight excluding hydrogens is 272 g/mol. The summed E-state index contributed by atoms with van der Waals surface area (Å²) in [6.07, 6.45) is 3.48. The minimum Gasteiger partial charge on any atom is -0.390 e. The summed E-state index contributed by atoms with van der Waals surface area (Å²) in [6.45, 7) is -0.161. The predicted octanol–water partition coefficient (Wildman–Crippen LogP) is 0.691. The zero-order valence-corrected chi connectivity index (χ0v) is 11.9. The molecule has 5 nitrogen and oxygen atoms in total. The summed E-state index contributed by atoms with van der Waals surface area (Å²) in [5, 5.41) is 9.08. The van der Waals surface area contributed by atoms with Crippen LogP contribution in [0.5, 0.6) is 0 Å². The van der Waals surface area contributed by atoms with E-state index in [4.69, 9.17) is 5.11 Å². The lowest BCUT2D eigenvalue weighted by atomic mass is 10.2. The van der Waals surface area contributed by atoms with Crippen molar-refractivity contribution in [2.75, 3.05) is 11.5 Å². The molecule has 18 heavy (non-hydrogen) atoms. The first kappa shape index (κ1) is 13.9. The number of hydrogen-bond acceptors (Lipinski definition) is 4. The first-order valence-corrected chi connectivity index (χ1v) is 8.53. The van der Waals surface area contributed by atoms with Crippen LogP contribution in [0, 0.1) is 0 Å². The van der Waals surface area contributed by atoms with Crippen molar-refractivity contribution < 1.29 is 13.5 Å². The molecule has 2 N–H and O–H groups in total. The molecule has 1 aliphatic heterocycles. The Kier molecular flexibility index (Phi) is 4.37. The normalized spacial score (nSPS) is 21.1. The molecule has 0 amide bonds. The van der Waals surface area contributed by atoms with Gasteiger partial charge in [-0.15, -0.1) is 0 Å². The van der Waals surface area contributed by atoms with E-state index >= 15 is 0 Å². The number of thioether (sulfide) groups is 1. The van der Waals surface area contributed by atoms with Crippen LogP contribution in [0.1, 0.15) is 18.5 Å². The molecule has 1 aromatic heterocycles. The number of aliphatic hydroxyl groups excluding tert-OH is 1. The lowest BCUT2D eigenvalue weighted by molar-refractivity contribution is 0.272. The van der Waals surface area contributed by atoms with Gasteiger partial charge in [0, 0.05) is 30.7 Å². The molecule has 0 saturated carbocycles. The van der Waals surface area contributed by atoms with Gasteiger partial charge in [0.05, 0.1) is 11.5 Å². The van der Waals surface area contributed by atoms with Crippen molar-refractivity contribution in [1.82, 2.24) is 9.29 Å². The van der Waals surface area contributed by atoms with E-state index in [0.717, 1.165) is 24.3 Å². The van der Waals surface area contributed by atoms with Crippen molar-refractivity contribution in [2.45, 2.75) is 30.4 Å². The van der Waals surface area contributed by atoms with Crippen LogP contribution in [0.4, 0.5) is 0 Å². The highest BCUT2D eigenvalue weighted by Gasteiger charge is 2.23. The van der Waals surface area contributed by atoms with Crippen molar-refractivity contribution in [3.63, 3.8) is 0 Å². The second-order valence-electron chi connectivity index (χ2n) is 4.47. The summed E-state index contributed by atoms with van der Waals surface area (Å²) in [7, 11) is -1.74. The third-order valence-corrected chi connectivity index (χ3v) is 5.74. The molecule has 7 heteroatoms. The highest BCUT2D eigenvalue weighted by molar-refractivity contribution is 7.99. The summed E-state index contributed by atoms with van der Waals surface area (Å²) >= 11 is 1.78. The first-order valence-electron chi connectivity index (χ1n) is 5.89. The van der Waals surface area contributed by atoms with Crippen LogP contribution in [0.2, 0.25) is 0 Å². The minimum atomic E-state index is -3.47. The fourth-order valence-electron chi connectivity index (χ4n) is 2.00. The molecule has 1 fully saturated rings. The number of hydrogen-bond donors (Lipinski definition) is 2. The molecule has 1 saturated heterocycles. The molecule has 1 aromatic rings. The quantitative estimate of drug-likeness (QED) is 0.856. The maximum atomic E-state index is 12.2. The van der Waals surface area contributed by atoms with E-state index in [1.807, 2.05) is 0 Å². The molecule has 1 unspecified atom stereocenters. The lowest BCUT2D eigenvalue weighted by Gasteiger charge is -2.21. The maximum absolute atomic E-state index is 12.2. The third kappa shape index (κ3) is 3.09. The van der Waals surface area contributed by atoms with Crippen LogP contribution >= 0.6 is 11.8 Å². The SMILES string of the molecule is Cn1cc(S(=O)(=O)NC2CCCSC2)cc1CO. The van der Waals surface area contributed by atoms with Gasteiger partial charge in [-0.05, 0) is 24.7 Å². The molecule has 0 bridgehead atoms. The Morgan fingerprint density at radius 2 is 2.39 bits per heavy atom. The van der Waals surface area contributed by atoms with E-state index in [1.54, 1.807) is 23.4 Å². The Bertz CT molecular complexity index is 504. The van der Waals surface area contributed by atoms with E-state index < -0.39 is 10.0 Å². The standard InChI is InChI=1S/C11H18N2O3S2/c1-13-6-11(5-10(13)7-14)18(15,16)12-9-3-2-4-17-8-9/h5-6,9,12,14H,2-4,7-8H2,1H3. The topological polar surface area (TPSA) is 71.3 Å². The first-order chi connectivity index (χ1) is 8.53. The molecule has 1 aliphatic rings. The van der Waals surface area contributed by atoms with Crippen LogP contribution < -0.4 is 4.72 Å². The van der Waals surface area contributed by atoms with E-state index in [1.165, 1.54) is 12.3 Å². The molecule has 2 rings (SSSR count). The van der Waals surface area contributed by atoms with Crippen molar-refractivity contribution >= 4 is 21.8 Å². The van der Waals surface area contributed by atoms with Gasteiger partial charge >= 0.3 is 0 Å². The van der Waals surface area contributed by atoms with Crippen molar-refractivity contribution in [3.8, 4) is 0 Å². The Morgan fingerprint density at radius 1 is 1.61 bits per heavy atom. The van der Waals surface area contributed by atoms with E-state index in [0.29, 0.717) is 5.69 Å². The third-order valence-electron chi connectivity index (χ3n) is 3.04. The van der Waals surface area contributed by atoms with Gasteiger partial charge in [-0.2, -0.15) is 11.8 Å². The number of nitrogens with one attached hydrogen (secondary N) is 1. The monoisotopic (exact) mass is 290 g/mol. The zero-order chi connectivity index (χ0) is 13.2. The summed E-state index contributed by atoms with van der Waals surface area (Å²) in [5.41, 5.74) is 0.591. The van der Waals surface area contributed by atoms with Crippen LogP contribution in [0.25, 0.3) is 0 Å². The highest BCUT2D eigenvalue weighted by atomic mass is 32.2. The van der Waals surface area contributed by atoms with Crippen LogP contribution in [0.3, 0.4) is 0 Å². The molecule has 0 spiro atoms. The number of nitrogens with zero attached hydrogens (tertiary/aromatic N) is 1. The Hall–Kier alpha value is -0.500. The van der Waals surface area contributed by atoms with Gasteiger partial charge in [-0.1, -0.05) is 0 Å². The largest absolute Gasteiger partial charge is 0.390 e. The van der Waals surface area contributed by atoms with Gasteiger partial charge in [-0.25, -0.2) is 13.1 Å². The molecular formula is C11H18N2O3S2. The average molecular weight is 290 g/mol. The molecule has 0 aromatic carbocycles. The lowest BCUT2D eigenvalue weighted by Crippen LogP contribution is -2.38. The highest BCUT2D eigenvalue weighted by Crippen LogP contribution is 2.20.